The molecule has 1 aliphatic heterocycles. The van der Waals surface area contributed by atoms with Crippen molar-refractivity contribution in [1.82, 2.24) is 5.32 Å². The molecule has 1 saturated heterocycles. The van der Waals surface area contributed by atoms with E-state index >= 15 is 0 Å². The van der Waals surface area contributed by atoms with Gasteiger partial charge in [-0.2, -0.15) is 0 Å². The van der Waals surface area contributed by atoms with E-state index in [-0.39, 0.29) is 11.9 Å². The van der Waals surface area contributed by atoms with Crippen LogP contribution in [0, 0.1) is 0 Å². The third-order valence-corrected chi connectivity index (χ3v) is 3.10. The number of halogens is 1. The lowest BCUT2D eigenvalue weighted by Crippen LogP contribution is -2.44. The predicted octanol–water partition coefficient (Wildman–Crippen LogP) is 2.28. The molecule has 0 aliphatic carbocycles. The summed E-state index contributed by atoms with van der Waals surface area (Å²) < 4.78 is 0.868. The lowest BCUT2D eigenvalue weighted by atomic mass is 10.0. The zero-order valence-corrected chi connectivity index (χ0v) is 10.5. The Kier molecular flexibility index (Phi) is 2.50. The van der Waals surface area contributed by atoms with Crippen LogP contribution in [0.2, 0.25) is 0 Å². The SMILES string of the molecule is CC1(C)C(=O)NC(=O)N1c1cccc(Br)c1. The number of hydrogen-bond acceptors (Lipinski definition) is 2. The molecule has 0 saturated carbocycles. The van der Waals surface area contributed by atoms with Crippen LogP contribution >= 0.6 is 15.9 Å². The van der Waals surface area contributed by atoms with Crippen molar-refractivity contribution < 1.29 is 9.59 Å². The van der Waals surface area contributed by atoms with Crippen molar-refractivity contribution in [3.63, 3.8) is 0 Å². The van der Waals surface area contributed by atoms with Gasteiger partial charge in [0.2, 0.25) is 0 Å². The highest BCUT2D eigenvalue weighted by Crippen LogP contribution is 2.30. The molecule has 1 heterocycles. The fourth-order valence-corrected chi connectivity index (χ4v) is 2.10. The summed E-state index contributed by atoms with van der Waals surface area (Å²) in [7, 11) is 0. The summed E-state index contributed by atoms with van der Waals surface area (Å²) in [6, 6.07) is 6.91. The van der Waals surface area contributed by atoms with Gasteiger partial charge in [0.25, 0.3) is 5.91 Å². The van der Waals surface area contributed by atoms with Crippen LogP contribution in [0.15, 0.2) is 28.7 Å². The maximum Gasteiger partial charge on any atom is 0.329 e. The molecule has 0 unspecified atom stereocenters. The number of hydrogen-bond donors (Lipinski definition) is 1. The monoisotopic (exact) mass is 282 g/mol. The Morgan fingerprint density at radius 2 is 2.00 bits per heavy atom. The molecule has 0 atom stereocenters. The number of nitrogens with one attached hydrogen (secondary N) is 1. The number of carbonyl (C=O) groups excluding carboxylic acids is 2. The molecule has 1 fully saturated rings. The Labute approximate surface area is 102 Å². The second kappa shape index (κ2) is 3.59. The molecule has 16 heavy (non-hydrogen) atoms. The molecular weight excluding hydrogens is 272 g/mol. The molecule has 1 aromatic carbocycles. The molecule has 0 radical (unpaired) electrons. The minimum absolute atomic E-state index is 0.280. The third-order valence-electron chi connectivity index (χ3n) is 2.60. The summed E-state index contributed by atoms with van der Waals surface area (Å²) in [5.41, 5.74) is -0.152. The van der Waals surface area contributed by atoms with E-state index in [1.54, 1.807) is 26.0 Å². The van der Waals surface area contributed by atoms with Crippen LogP contribution in [0.5, 0.6) is 0 Å². The second-order valence-electron chi connectivity index (χ2n) is 4.13. The molecule has 84 valence electrons. The first kappa shape index (κ1) is 11.1. The molecule has 0 bridgehead atoms. The van der Waals surface area contributed by atoms with Gasteiger partial charge in [0.05, 0.1) is 0 Å². The Morgan fingerprint density at radius 1 is 1.31 bits per heavy atom. The fourth-order valence-electron chi connectivity index (χ4n) is 1.72. The Hall–Kier alpha value is -1.36. The molecule has 4 nitrogen and oxygen atoms in total. The van der Waals surface area contributed by atoms with E-state index < -0.39 is 5.54 Å². The highest BCUT2D eigenvalue weighted by molar-refractivity contribution is 9.10. The number of imide groups is 1. The normalized spacial score (nSPS) is 18.8. The van der Waals surface area contributed by atoms with E-state index in [0.717, 1.165) is 4.47 Å². The van der Waals surface area contributed by atoms with E-state index in [9.17, 15) is 9.59 Å². The van der Waals surface area contributed by atoms with E-state index in [0.29, 0.717) is 5.69 Å². The van der Waals surface area contributed by atoms with Crippen molar-refractivity contribution in [3.8, 4) is 0 Å². The zero-order chi connectivity index (χ0) is 11.9. The lowest BCUT2D eigenvalue weighted by Gasteiger charge is -2.27. The molecule has 1 aliphatic rings. The third kappa shape index (κ3) is 1.61. The molecule has 3 amide bonds. The maximum atomic E-state index is 11.7. The first-order chi connectivity index (χ1) is 7.43. The number of amides is 3. The van der Waals surface area contributed by atoms with Crippen LogP contribution in [-0.4, -0.2) is 17.5 Å². The highest BCUT2D eigenvalue weighted by Gasteiger charge is 2.46. The number of anilines is 1. The summed E-state index contributed by atoms with van der Waals surface area (Å²) in [6.45, 7) is 3.43. The van der Waals surface area contributed by atoms with Gasteiger partial charge in [0.15, 0.2) is 0 Å². The van der Waals surface area contributed by atoms with E-state index in [2.05, 4.69) is 21.2 Å². The van der Waals surface area contributed by atoms with Crippen LogP contribution in [0.4, 0.5) is 10.5 Å². The summed E-state index contributed by atoms with van der Waals surface area (Å²) in [6.07, 6.45) is 0. The van der Waals surface area contributed by atoms with Crippen molar-refractivity contribution in [2.45, 2.75) is 19.4 Å². The molecule has 0 spiro atoms. The van der Waals surface area contributed by atoms with Crippen molar-refractivity contribution in [2.24, 2.45) is 0 Å². The number of nitrogens with zero attached hydrogens (tertiary/aromatic N) is 1. The zero-order valence-electron chi connectivity index (χ0n) is 8.95. The van der Waals surface area contributed by atoms with E-state index in [1.807, 2.05) is 12.1 Å². The average molecular weight is 283 g/mol. The number of rotatable bonds is 1. The number of carbonyl (C=O) groups is 2. The predicted molar refractivity (Wildman–Crippen MR) is 64.2 cm³/mol. The van der Waals surface area contributed by atoms with Crippen LogP contribution < -0.4 is 10.2 Å². The van der Waals surface area contributed by atoms with Gasteiger partial charge in [-0.05, 0) is 32.0 Å². The summed E-state index contributed by atoms with van der Waals surface area (Å²) in [5, 5.41) is 2.31. The molecule has 2 rings (SSSR count). The maximum absolute atomic E-state index is 11.7. The standard InChI is InChI=1S/C11H11BrN2O2/c1-11(2)9(15)13-10(16)14(11)8-5-3-4-7(12)6-8/h3-6H,1-2H3,(H,13,15,16). The van der Waals surface area contributed by atoms with Gasteiger partial charge in [0, 0.05) is 10.2 Å². The minimum atomic E-state index is -0.849. The lowest BCUT2D eigenvalue weighted by molar-refractivity contribution is -0.122. The van der Waals surface area contributed by atoms with Crippen LogP contribution in [0.3, 0.4) is 0 Å². The van der Waals surface area contributed by atoms with Crippen LogP contribution in [0.1, 0.15) is 13.8 Å². The van der Waals surface area contributed by atoms with Gasteiger partial charge in [0.1, 0.15) is 5.54 Å². The Balaban J connectivity index is 2.48. The summed E-state index contributed by atoms with van der Waals surface area (Å²) in [5.74, 6) is -0.280. The van der Waals surface area contributed by atoms with E-state index in [1.165, 1.54) is 4.90 Å². The first-order valence-corrected chi connectivity index (χ1v) is 5.63. The van der Waals surface area contributed by atoms with Crippen molar-refractivity contribution in [2.75, 3.05) is 4.90 Å². The molecule has 1 aromatic rings. The van der Waals surface area contributed by atoms with Crippen LogP contribution in [-0.2, 0) is 4.79 Å². The van der Waals surface area contributed by atoms with Crippen molar-refractivity contribution >= 4 is 33.6 Å². The van der Waals surface area contributed by atoms with Gasteiger partial charge >= 0.3 is 6.03 Å². The Bertz CT molecular complexity index is 471. The minimum Gasteiger partial charge on any atom is -0.279 e. The van der Waals surface area contributed by atoms with E-state index in [4.69, 9.17) is 0 Å². The molecular formula is C11H11BrN2O2. The van der Waals surface area contributed by atoms with Crippen molar-refractivity contribution in [3.05, 3.63) is 28.7 Å². The number of benzene rings is 1. The Morgan fingerprint density at radius 3 is 2.50 bits per heavy atom. The van der Waals surface area contributed by atoms with Gasteiger partial charge in [-0.1, -0.05) is 22.0 Å². The van der Waals surface area contributed by atoms with Crippen molar-refractivity contribution in [1.29, 1.82) is 0 Å². The van der Waals surface area contributed by atoms with Gasteiger partial charge < -0.3 is 0 Å². The molecule has 5 heteroatoms. The van der Waals surface area contributed by atoms with Crippen LogP contribution in [0.25, 0.3) is 0 Å². The van der Waals surface area contributed by atoms with Gasteiger partial charge in [-0.15, -0.1) is 0 Å². The highest BCUT2D eigenvalue weighted by atomic mass is 79.9. The van der Waals surface area contributed by atoms with Gasteiger partial charge in [-0.25, -0.2) is 4.79 Å². The topological polar surface area (TPSA) is 49.4 Å². The summed E-state index contributed by atoms with van der Waals surface area (Å²) >= 11 is 3.34. The molecule has 1 N–H and O–H groups in total. The molecule has 0 aromatic heterocycles. The largest absolute Gasteiger partial charge is 0.329 e. The average Bonchev–Trinajstić information content (AvgIpc) is 2.36. The number of urea groups is 1. The second-order valence-corrected chi connectivity index (χ2v) is 5.05. The first-order valence-electron chi connectivity index (χ1n) is 4.84. The summed E-state index contributed by atoms with van der Waals surface area (Å²) in [4.78, 5) is 24.7. The smallest absolute Gasteiger partial charge is 0.279 e. The quantitative estimate of drug-likeness (QED) is 0.804. The van der Waals surface area contributed by atoms with Gasteiger partial charge in [-0.3, -0.25) is 15.0 Å². The fraction of sp³-hybridized carbons (Fsp3) is 0.273.